The van der Waals surface area contributed by atoms with Gasteiger partial charge < -0.3 is 4.74 Å². The van der Waals surface area contributed by atoms with E-state index in [1.807, 2.05) is 0 Å². The molecule has 0 amide bonds. The highest BCUT2D eigenvalue weighted by atomic mass is 32.2. The average Bonchev–Trinajstić information content (AvgIpc) is 2.14. The third-order valence-corrected chi connectivity index (χ3v) is 3.64. The highest BCUT2D eigenvalue weighted by molar-refractivity contribution is 7.85. The Morgan fingerprint density at radius 3 is 1.89 bits per heavy atom. The molecule has 1 rings (SSSR count). The SMILES string of the molecule is CC(C)(C)C(C)(F)Oc1ccc(S(=O)(=O)O)cc1. The van der Waals surface area contributed by atoms with Gasteiger partial charge in [-0.15, -0.1) is 0 Å². The summed E-state index contributed by atoms with van der Waals surface area (Å²) < 4.78 is 49.9. The summed E-state index contributed by atoms with van der Waals surface area (Å²) in [6, 6.07) is 4.91. The summed E-state index contributed by atoms with van der Waals surface area (Å²) in [5, 5.41) is 0. The predicted molar refractivity (Wildman–Crippen MR) is 65.9 cm³/mol. The van der Waals surface area contributed by atoms with Crippen molar-refractivity contribution in [3.8, 4) is 5.75 Å². The van der Waals surface area contributed by atoms with E-state index < -0.39 is 21.4 Å². The lowest BCUT2D eigenvalue weighted by atomic mass is 9.88. The minimum Gasteiger partial charge on any atom is -0.458 e. The highest BCUT2D eigenvalue weighted by Gasteiger charge is 2.40. The van der Waals surface area contributed by atoms with E-state index in [1.165, 1.54) is 19.1 Å². The number of rotatable bonds is 3. The van der Waals surface area contributed by atoms with E-state index in [9.17, 15) is 12.8 Å². The molecule has 0 aliphatic heterocycles. The van der Waals surface area contributed by atoms with Crippen LogP contribution >= 0.6 is 0 Å². The van der Waals surface area contributed by atoms with Crippen LogP contribution in [0.2, 0.25) is 0 Å². The van der Waals surface area contributed by atoms with E-state index in [1.54, 1.807) is 20.8 Å². The molecule has 0 saturated heterocycles. The number of hydrogen-bond acceptors (Lipinski definition) is 3. The Kier molecular flexibility index (Phi) is 3.74. The molecule has 1 N–H and O–H groups in total. The maximum atomic E-state index is 14.2. The van der Waals surface area contributed by atoms with Crippen LogP contribution in [0, 0.1) is 5.41 Å². The molecule has 1 unspecified atom stereocenters. The molecule has 18 heavy (non-hydrogen) atoms. The molecule has 0 aliphatic rings. The first-order valence-electron chi connectivity index (χ1n) is 5.39. The Morgan fingerprint density at radius 1 is 1.11 bits per heavy atom. The smallest absolute Gasteiger partial charge is 0.294 e. The van der Waals surface area contributed by atoms with Gasteiger partial charge in [0.25, 0.3) is 10.1 Å². The Balaban J connectivity index is 2.95. The van der Waals surface area contributed by atoms with Crippen molar-refractivity contribution >= 4 is 10.1 Å². The lowest BCUT2D eigenvalue weighted by Gasteiger charge is -2.34. The van der Waals surface area contributed by atoms with Gasteiger partial charge in [-0.25, -0.2) is 0 Å². The summed E-state index contributed by atoms with van der Waals surface area (Å²) in [6.07, 6.45) is 0. The van der Waals surface area contributed by atoms with E-state index in [0.717, 1.165) is 12.1 Å². The monoisotopic (exact) mass is 276 g/mol. The van der Waals surface area contributed by atoms with Crippen LogP contribution in [0.3, 0.4) is 0 Å². The number of alkyl halides is 1. The maximum Gasteiger partial charge on any atom is 0.294 e. The summed E-state index contributed by atoms with van der Waals surface area (Å²) in [5.41, 5.74) is -0.727. The van der Waals surface area contributed by atoms with E-state index in [4.69, 9.17) is 9.29 Å². The van der Waals surface area contributed by atoms with Crippen molar-refractivity contribution in [2.45, 2.75) is 38.4 Å². The van der Waals surface area contributed by atoms with Crippen LogP contribution < -0.4 is 4.74 Å². The molecule has 0 spiro atoms. The topological polar surface area (TPSA) is 63.6 Å². The van der Waals surface area contributed by atoms with Crippen molar-refractivity contribution in [2.75, 3.05) is 0 Å². The van der Waals surface area contributed by atoms with Crippen molar-refractivity contribution in [1.29, 1.82) is 0 Å². The lowest BCUT2D eigenvalue weighted by Crippen LogP contribution is -2.40. The van der Waals surface area contributed by atoms with Crippen LogP contribution in [0.5, 0.6) is 5.75 Å². The van der Waals surface area contributed by atoms with Crippen molar-refractivity contribution in [2.24, 2.45) is 5.41 Å². The Bertz CT molecular complexity index is 512. The second-order valence-electron chi connectivity index (χ2n) is 5.22. The van der Waals surface area contributed by atoms with Gasteiger partial charge in [-0.1, -0.05) is 20.8 Å². The van der Waals surface area contributed by atoms with Gasteiger partial charge >= 0.3 is 0 Å². The standard InChI is InChI=1S/C12H17FO4S/c1-11(2,3)12(4,13)17-9-5-7-10(8-6-9)18(14,15)16/h5-8H,1-4H3,(H,14,15,16). The number of ether oxygens (including phenoxy) is 1. The zero-order chi connectivity index (χ0) is 14.2. The van der Waals surface area contributed by atoms with Crippen LogP contribution in [-0.4, -0.2) is 18.8 Å². The van der Waals surface area contributed by atoms with Gasteiger partial charge in [0.2, 0.25) is 5.85 Å². The van der Waals surface area contributed by atoms with E-state index in [2.05, 4.69) is 0 Å². The molecule has 1 aromatic rings. The summed E-state index contributed by atoms with van der Waals surface area (Å²) in [4.78, 5) is -0.258. The number of hydrogen-bond donors (Lipinski definition) is 1. The Labute approximate surface area is 107 Å². The van der Waals surface area contributed by atoms with Gasteiger partial charge in [0.15, 0.2) is 0 Å². The van der Waals surface area contributed by atoms with Crippen LogP contribution in [-0.2, 0) is 10.1 Å². The molecule has 6 heteroatoms. The average molecular weight is 276 g/mol. The molecule has 0 bridgehead atoms. The fourth-order valence-corrected chi connectivity index (χ4v) is 1.53. The van der Waals surface area contributed by atoms with E-state index in [0.29, 0.717) is 0 Å². The van der Waals surface area contributed by atoms with Crippen molar-refractivity contribution in [1.82, 2.24) is 0 Å². The zero-order valence-electron chi connectivity index (χ0n) is 10.8. The first-order valence-corrected chi connectivity index (χ1v) is 6.83. The van der Waals surface area contributed by atoms with Gasteiger partial charge in [-0.05, 0) is 24.3 Å². The van der Waals surface area contributed by atoms with Crippen molar-refractivity contribution < 1.29 is 22.1 Å². The molecule has 0 radical (unpaired) electrons. The second kappa shape index (κ2) is 4.51. The van der Waals surface area contributed by atoms with Crippen molar-refractivity contribution in [3.63, 3.8) is 0 Å². The molecule has 4 nitrogen and oxygen atoms in total. The first kappa shape index (κ1) is 14.9. The Hall–Kier alpha value is -1.14. The summed E-state index contributed by atoms with van der Waals surface area (Å²) >= 11 is 0. The number of halogens is 1. The van der Waals surface area contributed by atoms with Gasteiger partial charge in [0.1, 0.15) is 5.75 Å². The molecule has 0 fully saturated rings. The van der Waals surface area contributed by atoms with Crippen molar-refractivity contribution in [3.05, 3.63) is 24.3 Å². The fourth-order valence-electron chi connectivity index (χ4n) is 1.05. The van der Waals surface area contributed by atoms with Crippen LogP contribution in [0.15, 0.2) is 29.2 Å². The zero-order valence-corrected chi connectivity index (χ0v) is 11.6. The molecule has 1 aromatic carbocycles. The molecular weight excluding hydrogens is 259 g/mol. The quantitative estimate of drug-likeness (QED) is 0.862. The molecule has 102 valence electrons. The predicted octanol–water partition coefficient (Wildman–Crippen LogP) is 3.04. The number of benzene rings is 1. The molecule has 0 aliphatic carbocycles. The van der Waals surface area contributed by atoms with E-state index >= 15 is 0 Å². The first-order chi connectivity index (χ1) is 7.93. The minimum atomic E-state index is -4.24. The molecule has 1 atom stereocenters. The van der Waals surface area contributed by atoms with Crippen LogP contribution in [0.4, 0.5) is 4.39 Å². The van der Waals surface area contributed by atoms with Gasteiger partial charge in [0, 0.05) is 12.3 Å². The highest BCUT2D eigenvalue weighted by Crippen LogP contribution is 2.35. The normalized spacial score (nSPS) is 16.1. The molecule has 0 heterocycles. The molecular formula is C12H17FO4S. The second-order valence-corrected chi connectivity index (χ2v) is 6.64. The minimum absolute atomic E-state index is 0.197. The maximum absolute atomic E-state index is 14.2. The largest absolute Gasteiger partial charge is 0.458 e. The van der Waals surface area contributed by atoms with Crippen LogP contribution in [0.25, 0.3) is 0 Å². The van der Waals surface area contributed by atoms with Crippen LogP contribution in [0.1, 0.15) is 27.7 Å². The summed E-state index contributed by atoms with van der Waals surface area (Å²) in [6.45, 7) is 6.39. The summed E-state index contributed by atoms with van der Waals surface area (Å²) in [7, 11) is -4.24. The summed E-state index contributed by atoms with van der Waals surface area (Å²) in [5.74, 6) is -1.70. The van der Waals surface area contributed by atoms with Gasteiger partial charge in [-0.3, -0.25) is 4.55 Å². The van der Waals surface area contributed by atoms with Gasteiger partial charge in [-0.2, -0.15) is 12.8 Å². The molecule has 0 saturated carbocycles. The molecule has 0 aromatic heterocycles. The van der Waals surface area contributed by atoms with Gasteiger partial charge in [0.05, 0.1) is 4.90 Å². The fraction of sp³-hybridized carbons (Fsp3) is 0.500. The Morgan fingerprint density at radius 2 is 1.56 bits per heavy atom. The van der Waals surface area contributed by atoms with E-state index in [-0.39, 0.29) is 10.6 Å². The lowest BCUT2D eigenvalue weighted by molar-refractivity contribution is -0.128. The third kappa shape index (κ3) is 3.43. The third-order valence-electron chi connectivity index (χ3n) is 2.77.